The van der Waals surface area contributed by atoms with Gasteiger partial charge in [0.25, 0.3) is 0 Å². The van der Waals surface area contributed by atoms with Gasteiger partial charge >= 0.3 is 0 Å². The Hall–Kier alpha value is -5.37. The Morgan fingerprint density at radius 1 is 0.704 bits per heavy atom. The van der Waals surface area contributed by atoms with Crippen LogP contribution in [0.5, 0.6) is 0 Å². The average molecular weight is 781 g/mol. The number of hydrogen-bond donors (Lipinski definition) is 2. The number of hydrogen-bond acceptors (Lipinski definition) is 12. The highest BCUT2D eigenvalue weighted by Gasteiger charge is 2.22. The van der Waals surface area contributed by atoms with Crippen molar-refractivity contribution in [3.05, 3.63) is 159 Å². The van der Waals surface area contributed by atoms with Crippen LogP contribution >= 0.6 is 34.5 Å². The molecule has 2 atom stereocenters. The van der Waals surface area contributed by atoms with E-state index in [9.17, 15) is 9.59 Å². The van der Waals surface area contributed by atoms with E-state index in [1.165, 1.54) is 11.3 Å². The average Bonchev–Trinajstić information content (AvgIpc) is 4.00. The summed E-state index contributed by atoms with van der Waals surface area (Å²) in [7, 11) is 0. The van der Waals surface area contributed by atoms with Crippen LogP contribution < -0.4 is 11.1 Å². The molecule has 0 aliphatic carbocycles. The summed E-state index contributed by atoms with van der Waals surface area (Å²) in [6.07, 6.45) is 8.02. The van der Waals surface area contributed by atoms with Crippen LogP contribution in [0.1, 0.15) is 28.3 Å². The minimum absolute atomic E-state index is 0.0256. The normalized spacial score (nSPS) is 12.1. The highest BCUT2D eigenvalue weighted by molar-refractivity contribution is 7.07. The van der Waals surface area contributed by atoms with Gasteiger partial charge in [0, 0.05) is 70.0 Å². The lowest BCUT2D eigenvalue weighted by Crippen LogP contribution is -2.39. The number of nitrogens with zero attached hydrogens (tertiary/aromatic N) is 5. The molecule has 5 heterocycles. The molecule has 7 aromatic rings. The summed E-state index contributed by atoms with van der Waals surface area (Å²) in [6.45, 7) is 0.520. The highest BCUT2D eigenvalue weighted by atomic mass is 35.5. The zero-order chi connectivity index (χ0) is 37.7. The van der Waals surface area contributed by atoms with Gasteiger partial charge < -0.3 is 20.1 Å². The number of ketones is 2. The second-order valence-corrected chi connectivity index (χ2v) is 13.9. The van der Waals surface area contributed by atoms with Gasteiger partial charge in [-0.2, -0.15) is 0 Å². The molecular weight excluding hydrogens is 745 g/mol. The molecule has 3 N–H and O–H groups in total. The molecule has 14 heteroatoms. The maximum atomic E-state index is 13.1. The monoisotopic (exact) mass is 779 g/mol. The molecule has 0 spiro atoms. The van der Waals surface area contributed by atoms with E-state index in [-0.39, 0.29) is 30.4 Å². The third-order valence-electron chi connectivity index (χ3n) is 8.30. The van der Waals surface area contributed by atoms with Crippen LogP contribution in [0.2, 0.25) is 10.0 Å². The lowest BCUT2D eigenvalue weighted by molar-refractivity contribution is -0.121. The van der Waals surface area contributed by atoms with Crippen molar-refractivity contribution in [2.75, 3.05) is 0 Å². The van der Waals surface area contributed by atoms with E-state index in [1.54, 1.807) is 54.6 Å². The number of benzene rings is 2. The topological polar surface area (TPSA) is 163 Å². The standard InChI is InChI=1S/C22H19ClN4O2S.C18H16ClN3O2/c23-17-3-1-15(2-4-17)9-21(25-12-18-13-30-14-26-18)22(28)11-19-10-20(27-29-19)16-5-7-24-8-6-16;19-14-3-1-12(2-4-14)9-16(20)18(23)11-15-10-17(22-24-15)13-5-7-21-8-6-13/h1-8,10,13-14,21,25H,9,11-12H2;1-8,10,16H,9,11,20H2/t21-;16-/m00/s1. The van der Waals surface area contributed by atoms with E-state index in [0.29, 0.717) is 52.3 Å². The van der Waals surface area contributed by atoms with Crippen LogP contribution in [-0.4, -0.2) is 48.9 Å². The number of aromatic nitrogens is 5. The minimum atomic E-state index is -0.597. The predicted molar refractivity (Wildman–Crippen MR) is 208 cm³/mol. The summed E-state index contributed by atoms with van der Waals surface area (Å²) >= 11 is 13.4. The molecule has 0 radical (unpaired) electrons. The molecule has 54 heavy (non-hydrogen) atoms. The number of carbonyl (C=O) groups is 2. The maximum Gasteiger partial charge on any atom is 0.157 e. The molecule has 0 bridgehead atoms. The van der Waals surface area contributed by atoms with E-state index in [0.717, 1.165) is 27.9 Å². The Morgan fingerprint density at radius 2 is 1.20 bits per heavy atom. The summed E-state index contributed by atoms with van der Waals surface area (Å²) in [5.74, 6) is 0.960. The second-order valence-electron chi connectivity index (χ2n) is 12.3. The Labute approximate surface area is 325 Å². The number of halogens is 2. The fourth-order valence-corrected chi connectivity index (χ4v) is 6.22. The zero-order valence-electron chi connectivity index (χ0n) is 28.8. The number of thiazole rings is 1. The van der Waals surface area contributed by atoms with Crippen LogP contribution in [0.15, 0.2) is 130 Å². The number of Topliss-reactive ketones (excluding diaryl/α,β-unsaturated/α-hetero) is 2. The molecule has 0 saturated heterocycles. The van der Waals surface area contributed by atoms with E-state index >= 15 is 0 Å². The first-order chi connectivity index (χ1) is 26.3. The molecule has 2 aromatic carbocycles. The lowest BCUT2D eigenvalue weighted by Gasteiger charge is -2.17. The first kappa shape index (κ1) is 38.4. The number of carbonyl (C=O) groups excluding carboxylic acids is 2. The van der Waals surface area contributed by atoms with Crippen LogP contribution in [-0.2, 0) is 41.8 Å². The van der Waals surface area contributed by atoms with E-state index in [1.807, 2.05) is 66.0 Å². The molecular formula is C40H35Cl2N7O4S. The number of nitrogens with one attached hydrogen (secondary N) is 1. The molecule has 5 aromatic heterocycles. The fourth-order valence-electron chi connectivity index (χ4n) is 5.40. The van der Waals surface area contributed by atoms with Crippen LogP contribution in [0.25, 0.3) is 22.5 Å². The summed E-state index contributed by atoms with van der Waals surface area (Å²) in [5, 5.41) is 14.7. The Morgan fingerprint density at radius 3 is 1.70 bits per heavy atom. The van der Waals surface area contributed by atoms with Gasteiger partial charge in [0.15, 0.2) is 11.6 Å². The van der Waals surface area contributed by atoms with Crippen molar-refractivity contribution in [1.82, 2.24) is 30.6 Å². The lowest BCUT2D eigenvalue weighted by atomic mass is 9.99. The van der Waals surface area contributed by atoms with Gasteiger partial charge in [-0.3, -0.25) is 19.6 Å². The van der Waals surface area contributed by atoms with E-state index in [2.05, 4.69) is 30.6 Å². The molecule has 7 rings (SSSR count). The predicted octanol–water partition coefficient (Wildman–Crippen LogP) is 7.43. The van der Waals surface area contributed by atoms with Crippen molar-refractivity contribution >= 4 is 46.1 Å². The zero-order valence-corrected chi connectivity index (χ0v) is 31.2. The minimum Gasteiger partial charge on any atom is -0.360 e. The molecule has 0 aliphatic heterocycles. The van der Waals surface area contributed by atoms with Gasteiger partial charge in [-0.1, -0.05) is 57.8 Å². The third-order valence-corrected chi connectivity index (χ3v) is 9.44. The summed E-state index contributed by atoms with van der Waals surface area (Å²) in [4.78, 5) is 37.6. The Kier molecular flexibility index (Phi) is 13.6. The SMILES string of the molecule is N[C@@H](Cc1ccc(Cl)cc1)C(=O)Cc1cc(-c2ccncc2)no1.O=C(Cc1cc(-c2ccncc2)no1)[C@H](Cc1ccc(Cl)cc1)NCc1cscn1. The molecule has 0 saturated carbocycles. The maximum absolute atomic E-state index is 13.1. The number of nitrogens with two attached hydrogens (primary N) is 1. The third kappa shape index (κ3) is 11.3. The molecule has 0 aliphatic rings. The smallest absolute Gasteiger partial charge is 0.157 e. The van der Waals surface area contributed by atoms with Crippen molar-refractivity contribution in [2.45, 2.75) is 44.3 Å². The van der Waals surface area contributed by atoms with Gasteiger partial charge in [-0.25, -0.2) is 4.98 Å². The van der Waals surface area contributed by atoms with Crippen LogP contribution in [0, 0.1) is 0 Å². The Bertz CT molecular complexity index is 2210. The molecule has 274 valence electrons. The summed E-state index contributed by atoms with van der Waals surface area (Å²) in [6, 6.07) is 24.8. The fraction of sp³-hybridized carbons (Fsp3) is 0.175. The highest BCUT2D eigenvalue weighted by Crippen LogP contribution is 2.21. The largest absolute Gasteiger partial charge is 0.360 e. The van der Waals surface area contributed by atoms with Gasteiger partial charge in [0.2, 0.25) is 0 Å². The van der Waals surface area contributed by atoms with Crippen LogP contribution in [0.3, 0.4) is 0 Å². The van der Waals surface area contributed by atoms with E-state index in [4.69, 9.17) is 38.0 Å². The van der Waals surface area contributed by atoms with Gasteiger partial charge in [0.05, 0.1) is 36.1 Å². The Balaban J connectivity index is 0.000000189. The van der Waals surface area contributed by atoms with Crippen molar-refractivity contribution in [2.24, 2.45) is 5.73 Å². The van der Waals surface area contributed by atoms with E-state index < -0.39 is 6.04 Å². The summed E-state index contributed by atoms with van der Waals surface area (Å²) < 4.78 is 10.7. The van der Waals surface area contributed by atoms with Gasteiger partial charge in [-0.15, -0.1) is 11.3 Å². The molecule has 0 unspecified atom stereocenters. The van der Waals surface area contributed by atoms with Gasteiger partial charge in [0.1, 0.15) is 22.9 Å². The number of pyridine rings is 2. The first-order valence-corrected chi connectivity index (χ1v) is 18.6. The van der Waals surface area contributed by atoms with Gasteiger partial charge in [-0.05, 0) is 72.5 Å². The first-order valence-electron chi connectivity index (χ1n) is 16.9. The molecule has 0 fully saturated rings. The van der Waals surface area contributed by atoms with Crippen LogP contribution in [0.4, 0.5) is 0 Å². The second kappa shape index (κ2) is 19.1. The quantitative estimate of drug-likeness (QED) is 0.106. The number of rotatable bonds is 15. The van der Waals surface area contributed by atoms with Crippen molar-refractivity contribution in [3.8, 4) is 22.5 Å². The van der Waals surface area contributed by atoms with Crippen molar-refractivity contribution in [3.63, 3.8) is 0 Å². The molecule has 11 nitrogen and oxygen atoms in total. The van der Waals surface area contributed by atoms with Crippen molar-refractivity contribution in [1.29, 1.82) is 0 Å². The molecule has 0 amide bonds. The summed E-state index contributed by atoms with van der Waals surface area (Å²) in [5.41, 5.74) is 13.8. The van der Waals surface area contributed by atoms with Crippen molar-refractivity contribution < 1.29 is 18.6 Å².